The lowest BCUT2D eigenvalue weighted by Crippen LogP contribution is -2.45. The van der Waals surface area contributed by atoms with E-state index in [0.717, 1.165) is 44.9 Å². The number of aliphatic hydroxyl groups is 2. The summed E-state index contributed by atoms with van der Waals surface area (Å²) < 4.78 is 5.50. The van der Waals surface area contributed by atoms with Crippen molar-refractivity contribution in [2.75, 3.05) is 13.2 Å². The molecule has 0 aliphatic carbocycles. The maximum Gasteiger partial charge on any atom is 0.305 e. The molecule has 0 aliphatic rings. The van der Waals surface area contributed by atoms with Crippen molar-refractivity contribution in [1.82, 2.24) is 5.32 Å². The number of aliphatic hydroxyl groups excluding tert-OH is 2. The zero-order valence-corrected chi connectivity index (χ0v) is 51.8. The average molecular weight is 1070 g/mol. The molecule has 0 heterocycles. The maximum absolute atomic E-state index is 12.5. The molecule has 0 aliphatic heterocycles. The minimum atomic E-state index is -0.660. The van der Waals surface area contributed by atoms with E-state index in [0.29, 0.717) is 25.9 Å². The normalized spacial score (nSPS) is 12.5. The van der Waals surface area contributed by atoms with Crippen molar-refractivity contribution in [3.05, 3.63) is 12.2 Å². The monoisotopic (exact) mass is 1070 g/mol. The lowest BCUT2D eigenvalue weighted by Gasteiger charge is -2.22. The lowest BCUT2D eigenvalue weighted by atomic mass is 10.0. The number of unbranched alkanes of at least 4 members (excludes halogenated alkanes) is 53. The van der Waals surface area contributed by atoms with Crippen molar-refractivity contribution < 1.29 is 24.5 Å². The van der Waals surface area contributed by atoms with Crippen molar-refractivity contribution in [3.8, 4) is 0 Å². The molecule has 0 aromatic carbocycles. The molecule has 0 spiro atoms. The third-order valence-electron chi connectivity index (χ3n) is 16.6. The van der Waals surface area contributed by atoms with Crippen LogP contribution in [0.1, 0.15) is 399 Å². The van der Waals surface area contributed by atoms with Crippen molar-refractivity contribution in [3.63, 3.8) is 0 Å². The van der Waals surface area contributed by atoms with Crippen molar-refractivity contribution in [2.24, 2.45) is 0 Å². The third kappa shape index (κ3) is 61.8. The molecule has 2 unspecified atom stereocenters. The van der Waals surface area contributed by atoms with Crippen LogP contribution in [0.2, 0.25) is 0 Å². The summed E-state index contributed by atoms with van der Waals surface area (Å²) in [6, 6.07) is -0.537. The molecule has 1 amide bonds. The van der Waals surface area contributed by atoms with E-state index in [2.05, 4.69) is 31.3 Å². The molecular weight excluding hydrogens is 935 g/mol. The summed E-state index contributed by atoms with van der Waals surface area (Å²) >= 11 is 0. The highest BCUT2D eigenvalue weighted by Gasteiger charge is 2.20. The van der Waals surface area contributed by atoms with E-state index in [9.17, 15) is 19.8 Å². The number of hydrogen-bond acceptors (Lipinski definition) is 5. The van der Waals surface area contributed by atoms with Crippen LogP contribution in [0.25, 0.3) is 0 Å². The predicted octanol–water partition coefficient (Wildman–Crippen LogP) is 22.4. The lowest BCUT2D eigenvalue weighted by molar-refractivity contribution is -0.143. The molecule has 0 aromatic rings. The standard InChI is InChI=1S/C70H137NO5/c1-3-5-7-9-11-13-15-17-19-36-40-44-48-52-56-60-64-70(75)76-65-61-57-53-49-45-41-37-34-32-30-28-26-24-22-20-21-23-25-27-29-31-33-35-39-43-47-51-55-59-63-69(74)71-67(66-72)68(73)62-58-54-50-46-42-38-18-16-14-12-10-8-6-4-2/h19,36,67-68,72-73H,3-18,20-35,37-66H2,1-2H3,(H,71,74)/b36-19-. The highest BCUT2D eigenvalue weighted by Crippen LogP contribution is 2.19. The molecule has 0 saturated heterocycles. The molecule has 452 valence electrons. The molecule has 6 heteroatoms. The molecular formula is C70H137NO5. The maximum atomic E-state index is 12.5. The molecule has 76 heavy (non-hydrogen) atoms. The van der Waals surface area contributed by atoms with E-state index in [1.807, 2.05) is 0 Å². The average Bonchev–Trinajstić information content (AvgIpc) is 3.42. The van der Waals surface area contributed by atoms with E-state index in [1.54, 1.807) is 0 Å². The van der Waals surface area contributed by atoms with Gasteiger partial charge >= 0.3 is 5.97 Å². The third-order valence-corrected chi connectivity index (χ3v) is 16.6. The molecule has 3 N–H and O–H groups in total. The zero-order chi connectivity index (χ0) is 55.0. The Kier molecular flexibility index (Phi) is 64.9. The van der Waals surface area contributed by atoms with Crippen LogP contribution in [0.4, 0.5) is 0 Å². The summed E-state index contributed by atoms with van der Waals surface area (Å²) in [4.78, 5) is 24.6. The summed E-state index contributed by atoms with van der Waals surface area (Å²) in [5.41, 5.74) is 0. The van der Waals surface area contributed by atoms with Crippen LogP contribution in [0.15, 0.2) is 12.2 Å². The summed E-state index contributed by atoms with van der Waals surface area (Å²) in [7, 11) is 0. The first kappa shape index (κ1) is 74.6. The van der Waals surface area contributed by atoms with Crippen LogP contribution in [0, 0.1) is 0 Å². The highest BCUT2D eigenvalue weighted by molar-refractivity contribution is 5.76. The molecule has 0 fully saturated rings. The van der Waals surface area contributed by atoms with Gasteiger partial charge in [-0.3, -0.25) is 9.59 Å². The van der Waals surface area contributed by atoms with Crippen LogP contribution in [0.3, 0.4) is 0 Å². The zero-order valence-electron chi connectivity index (χ0n) is 51.8. The van der Waals surface area contributed by atoms with E-state index >= 15 is 0 Å². The SMILES string of the molecule is CCCCCCCCC/C=C\CCCCCCCC(=O)OCCCCCCCCCCCCCCCCCCCCCCCCCCCCCCCC(=O)NC(CO)C(O)CCCCCCCCCCCCCCCC. The Morgan fingerprint density at radius 3 is 0.934 bits per heavy atom. The van der Waals surface area contributed by atoms with Crippen LogP contribution in [-0.4, -0.2) is 47.4 Å². The van der Waals surface area contributed by atoms with E-state index in [4.69, 9.17) is 4.74 Å². The number of nitrogens with one attached hydrogen (secondary N) is 1. The Morgan fingerprint density at radius 1 is 0.355 bits per heavy atom. The first-order chi connectivity index (χ1) is 37.5. The molecule has 2 atom stereocenters. The Balaban J connectivity index is 3.32. The minimum Gasteiger partial charge on any atom is -0.466 e. The summed E-state index contributed by atoms with van der Waals surface area (Å²) in [6.45, 7) is 4.98. The fourth-order valence-electron chi connectivity index (χ4n) is 11.2. The van der Waals surface area contributed by atoms with Crippen molar-refractivity contribution >= 4 is 11.9 Å². The number of carbonyl (C=O) groups is 2. The molecule has 6 nitrogen and oxygen atoms in total. The molecule has 0 saturated carbocycles. The number of allylic oxidation sites excluding steroid dienone is 2. The molecule has 0 radical (unpaired) electrons. The summed E-state index contributed by atoms with van der Waals surface area (Å²) in [5, 5.41) is 23.3. The second kappa shape index (κ2) is 66.1. The predicted molar refractivity (Wildman–Crippen MR) is 333 cm³/mol. The largest absolute Gasteiger partial charge is 0.466 e. The minimum absolute atomic E-state index is 0.0130. The van der Waals surface area contributed by atoms with Gasteiger partial charge in [-0.25, -0.2) is 0 Å². The van der Waals surface area contributed by atoms with Gasteiger partial charge in [0.2, 0.25) is 5.91 Å². The fourth-order valence-corrected chi connectivity index (χ4v) is 11.2. The van der Waals surface area contributed by atoms with Gasteiger partial charge in [0.1, 0.15) is 0 Å². The number of hydrogen-bond donors (Lipinski definition) is 3. The summed E-state index contributed by atoms with van der Waals surface area (Å²) in [6.07, 6.45) is 81.2. The van der Waals surface area contributed by atoms with Gasteiger partial charge in [-0.15, -0.1) is 0 Å². The van der Waals surface area contributed by atoms with Crippen molar-refractivity contribution in [1.29, 1.82) is 0 Å². The second-order valence-corrected chi connectivity index (χ2v) is 24.2. The van der Waals surface area contributed by atoms with E-state index in [-0.39, 0.29) is 18.5 Å². The smallest absolute Gasteiger partial charge is 0.305 e. The van der Waals surface area contributed by atoms with Crippen LogP contribution in [0.5, 0.6) is 0 Å². The Morgan fingerprint density at radius 2 is 0.618 bits per heavy atom. The Hall–Kier alpha value is -1.40. The molecule has 0 aromatic heterocycles. The Bertz CT molecular complexity index is 1140. The van der Waals surface area contributed by atoms with Crippen LogP contribution < -0.4 is 5.32 Å². The Labute approximate surface area is 476 Å². The number of carbonyl (C=O) groups excluding carboxylic acids is 2. The fraction of sp³-hybridized carbons (Fsp3) is 0.943. The quantitative estimate of drug-likeness (QED) is 0.0320. The topological polar surface area (TPSA) is 95.9 Å². The number of rotatable bonds is 66. The first-order valence-corrected chi connectivity index (χ1v) is 34.9. The second-order valence-electron chi connectivity index (χ2n) is 24.2. The van der Waals surface area contributed by atoms with Crippen LogP contribution in [-0.2, 0) is 14.3 Å². The van der Waals surface area contributed by atoms with Gasteiger partial charge in [-0.2, -0.15) is 0 Å². The van der Waals surface area contributed by atoms with Crippen LogP contribution >= 0.6 is 0 Å². The van der Waals surface area contributed by atoms with Gasteiger partial charge in [0.15, 0.2) is 0 Å². The van der Waals surface area contributed by atoms with Gasteiger partial charge in [0.05, 0.1) is 25.4 Å². The summed E-state index contributed by atoms with van der Waals surface area (Å²) in [5.74, 6) is -0.0157. The highest BCUT2D eigenvalue weighted by atomic mass is 16.5. The van der Waals surface area contributed by atoms with E-state index in [1.165, 1.54) is 321 Å². The number of esters is 1. The molecule has 0 rings (SSSR count). The van der Waals surface area contributed by atoms with Gasteiger partial charge < -0.3 is 20.3 Å². The number of ether oxygens (including phenoxy) is 1. The first-order valence-electron chi connectivity index (χ1n) is 34.9. The number of amides is 1. The van der Waals surface area contributed by atoms with Gasteiger partial charge in [-0.1, -0.05) is 347 Å². The van der Waals surface area contributed by atoms with Gasteiger partial charge in [0.25, 0.3) is 0 Å². The molecule has 0 bridgehead atoms. The van der Waals surface area contributed by atoms with Crippen molar-refractivity contribution in [2.45, 2.75) is 411 Å². The van der Waals surface area contributed by atoms with Gasteiger partial charge in [0, 0.05) is 12.8 Å². The van der Waals surface area contributed by atoms with Gasteiger partial charge in [-0.05, 0) is 51.4 Å². The van der Waals surface area contributed by atoms with E-state index < -0.39 is 12.1 Å².